The highest BCUT2D eigenvalue weighted by Gasteiger charge is 2.49. The van der Waals surface area contributed by atoms with Gasteiger partial charge in [0.15, 0.2) is 0 Å². The average Bonchev–Trinajstić information content (AvgIpc) is 4.03. The van der Waals surface area contributed by atoms with Gasteiger partial charge in [-0.1, -0.05) is 177 Å². The highest BCUT2D eigenvalue weighted by Crippen LogP contribution is 2.38. The van der Waals surface area contributed by atoms with Crippen molar-refractivity contribution in [2.75, 3.05) is 37.1 Å². The van der Waals surface area contributed by atoms with Gasteiger partial charge in [-0.3, -0.25) is 30.0 Å². The van der Waals surface area contributed by atoms with Crippen LogP contribution >= 0.6 is 11.8 Å². The van der Waals surface area contributed by atoms with Gasteiger partial charge >= 0.3 is 0 Å². The third kappa shape index (κ3) is 16.6. The van der Waals surface area contributed by atoms with Gasteiger partial charge in [0.05, 0.1) is 18.1 Å². The molecule has 7 unspecified atom stereocenters. The van der Waals surface area contributed by atoms with Crippen LogP contribution in [0.25, 0.3) is 0 Å². The first-order valence-corrected chi connectivity index (χ1v) is 32.3. The molecule has 1 aliphatic carbocycles. The molecule has 3 fully saturated rings. The Bertz CT molecular complexity index is 2910. The van der Waals surface area contributed by atoms with Gasteiger partial charge in [0.1, 0.15) is 34.3 Å². The molecule has 13 heteroatoms. The lowest BCUT2D eigenvalue weighted by atomic mass is 9.86. The van der Waals surface area contributed by atoms with Crippen LogP contribution in [0, 0.1) is 0 Å². The van der Waals surface area contributed by atoms with Gasteiger partial charge in [-0.2, -0.15) is 11.8 Å². The molecule has 6 aromatic rings. The number of thioether (sulfide) groups is 1. The van der Waals surface area contributed by atoms with E-state index in [0.29, 0.717) is 32.7 Å². The molecule has 79 heavy (non-hydrogen) atoms. The van der Waals surface area contributed by atoms with Crippen molar-refractivity contribution in [1.29, 1.82) is 0 Å². The summed E-state index contributed by atoms with van der Waals surface area (Å²) in [5.41, 5.74) is 8.15. The molecule has 4 N–H and O–H groups in total. The lowest BCUT2D eigenvalue weighted by Gasteiger charge is -2.35. The summed E-state index contributed by atoms with van der Waals surface area (Å²) in [6.45, 7) is 2.17. The van der Waals surface area contributed by atoms with E-state index in [0.717, 1.165) is 86.8 Å². The summed E-state index contributed by atoms with van der Waals surface area (Å²) in [5.74, 6) is 1.61. The zero-order valence-corrected chi connectivity index (χ0v) is 47.9. The van der Waals surface area contributed by atoms with E-state index < -0.39 is 22.0 Å². The first kappa shape index (κ1) is 57.9. The van der Waals surface area contributed by atoms with Gasteiger partial charge < -0.3 is 15.4 Å². The van der Waals surface area contributed by atoms with E-state index in [1.807, 2.05) is 84.6 Å². The summed E-state index contributed by atoms with van der Waals surface area (Å²) < 4.78 is 32.0. The number of amides is 2. The number of carbonyl (C=O) groups excluding carboxylic acids is 2. The number of hydrogen-bond acceptors (Lipinski definition) is 10. The minimum absolute atomic E-state index is 0.0198. The van der Waals surface area contributed by atoms with Gasteiger partial charge in [0.25, 0.3) is 0 Å². The predicted molar refractivity (Wildman–Crippen MR) is 322 cm³/mol. The molecule has 0 bridgehead atoms. The van der Waals surface area contributed by atoms with Crippen LogP contribution in [0.1, 0.15) is 103 Å². The van der Waals surface area contributed by atoms with Crippen LogP contribution in [0.2, 0.25) is 0 Å². The van der Waals surface area contributed by atoms with Crippen molar-refractivity contribution in [2.24, 2.45) is 0 Å². The van der Waals surface area contributed by atoms with Gasteiger partial charge in [0.2, 0.25) is 11.8 Å². The minimum Gasteiger partial charge on any atom is -0.489 e. The molecule has 11 nitrogen and oxygen atoms in total. The Morgan fingerprint density at radius 3 is 1.95 bits per heavy atom. The van der Waals surface area contributed by atoms with Gasteiger partial charge in [-0.05, 0) is 121 Å². The van der Waals surface area contributed by atoms with E-state index in [4.69, 9.17) is 4.74 Å². The number of unbranched alkanes of at least 4 members (excludes halogenated alkanes) is 1. The van der Waals surface area contributed by atoms with Crippen LogP contribution < -0.4 is 26.0 Å². The fourth-order valence-corrected chi connectivity index (χ4v) is 13.6. The number of nitrogens with zero attached hydrogens (tertiary/aromatic N) is 2. The maximum Gasteiger partial charge on any atom is 0.239 e. The van der Waals surface area contributed by atoms with E-state index in [9.17, 15) is 18.0 Å². The second kappa shape index (κ2) is 29.1. The van der Waals surface area contributed by atoms with E-state index in [1.165, 1.54) is 40.5 Å². The summed E-state index contributed by atoms with van der Waals surface area (Å²) in [4.78, 5) is 34.0. The van der Waals surface area contributed by atoms with E-state index in [1.54, 1.807) is 0 Å². The van der Waals surface area contributed by atoms with E-state index in [2.05, 4.69) is 134 Å². The average molecular weight is 1100 g/mol. The molecule has 1 saturated carbocycles. The Morgan fingerprint density at radius 1 is 0.646 bits per heavy atom. The second-order valence-electron chi connectivity index (χ2n) is 22.1. The number of benzene rings is 6. The normalized spacial score (nSPS) is 21.4. The van der Waals surface area contributed by atoms with Crippen molar-refractivity contribution in [3.05, 3.63) is 209 Å². The topological polar surface area (TPSA) is 132 Å². The minimum atomic E-state index is -3.39. The molecule has 0 spiro atoms. The smallest absolute Gasteiger partial charge is 0.239 e. The van der Waals surface area contributed by atoms with Gasteiger partial charge in [0, 0.05) is 49.9 Å². The lowest BCUT2D eigenvalue weighted by molar-refractivity contribution is -0.128. The summed E-state index contributed by atoms with van der Waals surface area (Å²) in [6.07, 6.45) is 13.9. The number of rotatable bonds is 27. The summed E-state index contributed by atoms with van der Waals surface area (Å²) in [7, 11) is -3.39. The van der Waals surface area contributed by atoms with Crippen molar-refractivity contribution in [2.45, 2.75) is 139 Å². The Morgan fingerprint density at radius 2 is 1.27 bits per heavy atom. The maximum atomic E-state index is 14.7. The Labute approximate surface area is 475 Å². The third-order valence-corrected chi connectivity index (χ3v) is 17.7. The molecule has 9 rings (SSSR count). The van der Waals surface area contributed by atoms with E-state index >= 15 is 0 Å². The highest BCUT2D eigenvalue weighted by atomic mass is 32.2. The van der Waals surface area contributed by atoms with Crippen LogP contribution in [-0.4, -0.2) is 110 Å². The molecule has 7 atom stereocenters. The summed E-state index contributed by atoms with van der Waals surface area (Å²) in [6, 6.07) is 57.7. The largest absolute Gasteiger partial charge is 0.489 e. The molecule has 2 heterocycles. The molecule has 3 aliphatic rings. The Kier molecular flexibility index (Phi) is 21.3. The quantitative estimate of drug-likeness (QED) is 0.0370. The number of ether oxygens (including phenoxy) is 1. The van der Waals surface area contributed by atoms with Crippen molar-refractivity contribution in [3.8, 4) is 5.75 Å². The van der Waals surface area contributed by atoms with Gasteiger partial charge in [-0.25, -0.2) is 8.42 Å². The number of carbonyl (C=O) groups is 2. The molecule has 2 aliphatic heterocycles. The Balaban J connectivity index is 0.898. The molecular formula is C66H82N6O5S2. The summed E-state index contributed by atoms with van der Waals surface area (Å²) in [5, 5.41) is 14.6. The van der Waals surface area contributed by atoms with Crippen LogP contribution in [0.15, 0.2) is 170 Å². The predicted octanol–water partition coefficient (Wildman–Crippen LogP) is 10.1. The SMILES string of the molecule is CSCCC1NC(C(c2ccccc2)c2cccc(CCCCNC(=O)C3C(Cc4ccc(OCc5ccccc5)cc4)NC(CS(C)(=O)=O)N3CCCc3ccccc3)c2)N(Cc2ccccc2)C1C(=O)NC1CCCCC1. The second-order valence-corrected chi connectivity index (χ2v) is 25.3. The zero-order valence-electron chi connectivity index (χ0n) is 46.3. The lowest BCUT2D eigenvalue weighted by Crippen LogP contribution is -2.52. The monoisotopic (exact) mass is 1100 g/mol. The fraction of sp³-hybridized carbons (Fsp3) is 0.424. The van der Waals surface area contributed by atoms with Crippen molar-refractivity contribution < 1.29 is 22.7 Å². The molecule has 418 valence electrons. The van der Waals surface area contributed by atoms with Crippen LogP contribution in [0.3, 0.4) is 0 Å². The molecule has 2 amide bonds. The first-order valence-electron chi connectivity index (χ1n) is 28.8. The number of aryl methyl sites for hydroxylation is 2. The maximum absolute atomic E-state index is 14.7. The van der Waals surface area contributed by atoms with Crippen molar-refractivity contribution in [1.82, 2.24) is 31.1 Å². The zero-order chi connectivity index (χ0) is 54.8. The molecule has 6 aromatic carbocycles. The molecule has 0 radical (unpaired) electrons. The van der Waals surface area contributed by atoms with Gasteiger partial charge in [-0.15, -0.1) is 0 Å². The third-order valence-electron chi connectivity index (χ3n) is 16.1. The molecule has 0 aromatic heterocycles. The van der Waals surface area contributed by atoms with Crippen LogP contribution in [-0.2, 0) is 51.8 Å². The standard InChI is InChI=1S/C66H82N6O5S2/c1-78-43-40-58-62(66(74)68-56-34-16-7-17-35-56)72(46-52-25-10-4-11-26-52)64(70-58)61(54-31-14-6-15-32-54)55-33-20-29-50(44-55)24-18-19-41-67-65(73)63-59(45-51-36-38-57(39-37-51)77-47-53-27-12-5-13-28-53)69-60(48-79(2,75)76)71(63)42-21-30-49-22-8-3-9-23-49/h3-6,8-15,20,22-23,25-29,31-33,36-39,44,56,58-64,69-70H,7,16-19,21,24,30,34-35,40-43,45-48H2,1-2H3,(H,67,73)(H,68,74). The first-order chi connectivity index (χ1) is 38.6. The number of hydrogen-bond donors (Lipinski definition) is 4. The van der Waals surface area contributed by atoms with Crippen molar-refractivity contribution >= 4 is 33.4 Å². The molecule has 2 saturated heterocycles. The fourth-order valence-electron chi connectivity index (χ4n) is 12.3. The Hall–Kier alpha value is -5.80. The highest BCUT2D eigenvalue weighted by molar-refractivity contribution is 7.98. The van der Waals surface area contributed by atoms with Crippen LogP contribution in [0.5, 0.6) is 5.75 Å². The molecular weight excluding hydrogens is 1020 g/mol. The number of nitrogens with one attached hydrogen (secondary N) is 4. The number of sulfone groups is 1. The summed E-state index contributed by atoms with van der Waals surface area (Å²) >= 11 is 1.83. The van der Waals surface area contributed by atoms with Crippen LogP contribution in [0.4, 0.5) is 0 Å². The van der Waals surface area contributed by atoms with E-state index in [-0.39, 0.29) is 53.8 Å². The van der Waals surface area contributed by atoms with Crippen molar-refractivity contribution in [3.63, 3.8) is 0 Å².